The Labute approximate surface area is 124 Å². The van der Waals surface area contributed by atoms with Gasteiger partial charge < -0.3 is 9.88 Å². The van der Waals surface area contributed by atoms with E-state index >= 15 is 0 Å². The van der Waals surface area contributed by atoms with Crippen LogP contribution in [0, 0.1) is 0 Å². The zero-order valence-electron chi connectivity index (χ0n) is 12.6. The van der Waals surface area contributed by atoms with Crippen LogP contribution in [0.2, 0.25) is 0 Å². The van der Waals surface area contributed by atoms with Gasteiger partial charge in [-0.2, -0.15) is 0 Å². The number of benzene rings is 1. The van der Waals surface area contributed by atoms with Crippen LogP contribution in [0.3, 0.4) is 0 Å². The van der Waals surface area contributed by atoms with Gasteiger partial charge in [-0.3, -0.25) is 9.59 Å². The first-order valence-electron chi connectivity index (χ1n) is 6.93. The molecule has 110 valence electrons. The first-order valence-corrected chi connectivity index (χ1v) is 6.93. The molecule has 0 radical (unpaired) electrons. The Morgan fingerprint density at radius 2 is 1.76 bits per heavy atom. The first kappa shape index (κ1) is 15.0. The van der Waals surface area contributed by atoms with E-state index in [0.717, 1.165) is 11.3 Å². The molecule has 0 aliphatic rings. The van der Waals surface area contributed by atoms with Crippen molar-refractivity contribution in [1.29, 1.82) is 0 Å². The Kier molecular flexibility index (Phi) is 4.26. The smallest absolute Gasteiger partial charge is 0.250 e. The van der Waals surface area contributed by atoms with Crippen molar-refractivity contribution in [3.05, 3.63) is 64.6 Å². The molecule has 0 fully saturated rings. The minimum atomic E-state index is -0.208. The summed E-state index contributed by atoms with van der Waals surface area (Å²) in [5, 5.41) is 2.89. The van der Waals surface area contributed by atoms with Gasteiger partial charge in [0.05, 0.1) is 0 Å². The lowest BCUT2D eigenvalue weighted by atomic mass is 9.86. The molecule has 1 aromatic heterocycles. The van der Waals surface area contributed by atoms with Crippen molar-refractivity contribution >= 4 is 11.6 Å². The third-order valence-corrected chi connectivity index (χ3v) is 3.22. The average molecular weight is 284 g/mol. The van der Waals surface area contributed by atoms with Gasteiger partial charge in [-0.15, -0.1) is 0 Å². The highest BCUT2D eigenvalue weighted by Gasteiger charge is 2.18. The summed E-state index contributed by atoms with van der Waals surface area (Å²) in [6.45, 7) is 6.30. The van der Waals surface area contributed by atoms with Crippen LogP contribution >= 0.6 is 0 Å². The minimum absolute atomic E-state index is 0.0121. The van der Waals surface area contributed by atoms with E-state index in [1.165, 1.54) is 10.6 Å². The monoisotopic (exact) mass is 284 g/mol. The highest BCUT2D eigenvalue weighted by molar-refractivity contribution is 5.91. The lowest BCUT2D eigenvalue weighted by Crippen LogP contribution is -2.27. The predicted octanol–water partition coefficient (Wildman–Crippen LogP) is 2.78. The van der Waals surface area contributed by atoms with Crippen LogP contribution in [0.25, 0.3) is 0 Å². The molecular weight excluding hydrogens is 264 g/mol. The Balaban J connectivity index is 2.18. The molecule has 4 nitrogen and oxygen atoms in total. The van der Waals surface area contributed by atoms with Crippen molar-refractivity contribution in [2.24, 2.45) is 0 Å². The summed E-state index contributed by atoms with van der Waals surface area (Å²) >= 11 is 0. The molecule has 2 aromatic rings. The standard InChI is InChI=1S/C17H20N2O2/c1-17(2,3)13-8-4-5-9-14(13)18-15(20)12-19-11-7-6-10-16(19)21/h4-11H,12H2,1-3H3,(H,18,20). The van der Waals surface area contributed by atoms with Gasteiger partial charge in [-0.1, -0.05) is 45.0 Å². The number of rotatable bonds is 3. The van der Waals surface area contributed by atoms with E-state index in [2.05, 4.69) is 26.1 Å². The van der Waals surface area contributed by atoms with E-state index in [0.29, 0.717) is 0 Å². The Morgan fingerprint density at radius 3 is 2.43 bits per heavy atom. The van der Waals surface area contributed by atoms with Gasteiger partial charge in [0.1, 0.15) is 6.54 Å². The zero-order valence-corrected chi connectivity index (χ0v) is 12.6. The van der Waals surface area contributed by atoms with Crippen LogP contribution in [0.4, 0.5) is 5.69 Å². The van der Waals surface area contributed by atoms with E-state index in [1.807, 2.05) is 24.3 Å². The minimum Gasteiger partial charge on any atom is -0.324 e. The van der Waals surface area contributed by atoms with Crippen LogP contribution < -0.4 is 10.9 Å². The molecule has 0 saturated carbocycles. The fourth-order valence-corrected chi connectivity index (χ4v) is 2.18. The summed E-state index contributed by atoms with van der Waals surface area (Å²) in [7, 11) is 0. The SMILES string of the molecule is CC(C)(C)c1ccccc1NC(=O)Cn1ccccc1=O. The number of carbonyl (C=O) groups is 1. The van der Waals surface area contributed by atoms with Crippen molar-refractivity contribution < 1.29 is 4.79 Å². The van der Waals surface area contributed by atoms with E-state index in [9.17, 15) is 9.59 Å². The number of para-hydroxylation sites is 1. The molecule has 4 heteroatoms. The van der Waals surface area contributed by atoms with Gasteiger partial charge >= 0.3 is 0 Å². The first-order chi connectivity index (χ1) is 9.88. The molecule has 0 spiro atoms. The van der Waals surface area contributed by atoms with Gasteiger partial charge in [-0.05, 0) is 23.1 Å². The lowest BCUT2D eigenvalue weighted by molar-refractivity contribution is -0.116. The number of hydrogen-bond acceptors (Lipinski definition) is 2. The van der Waals surface area contributed by atoms with Crippen molar-refractivity contribution in [2.75, 3.05) is 5.32 Å². The molecule has 1 N–H and O–H groups in total. The highest BCUT2D eigenvalue weighted by Crippen LogP contribution is 2.29. The molecule has 0 unspecified atom stereocenters. The van der Waals surface area contributed by atoms with Crippen molar-refractivity contribution in [3.63, 3.8) is 0 Å². The van der Waals surface area contributed by atoms with E-state index in [4.69, 9.17) is 0 Å². The number of hydrogen-bond donors (Lipinski definition) is 1. The van der Waals surface area contributed by atoms with Gasteiger partial charge in [0, 0.05) is 18.0 Å². The zero-order chi connectivity index (χ0) is 15.5. The maximum Gasteiger partial charge on any atom is 0.250 e. The predicted molar refractivity (Wildman–Crippen MR) is 84.5 cm³/mol. The second-order valence-corrected chi connectivity index (χ2v) is 6.01. The molecule has 0 aliphatic heterocycles. The number of pyridine rings is 1. The normalized spacial score (nSPS) is 11.2. The second-order valence-electron chi connectivity index (χ2n) is 6.01. The molecule has 0 saturated heterocycles. The van der Waals surface area contributed by atoms with Crippen LogP contribution in [0.1, 0.15) is 26.3 Å². The molecule has 21 heavy (non-hydrogen) atoms. The number of nitrogens with one attached hydrogen (secondary N) is 1. The Bertz CT molecular complexity index is 696. The summed E-state index contributed by atoms with van der Waals surface area (Å²) < 4.78 is 1.38. The molecule has 0 atom stereocenters. The third-order valence-electron chi connectivity index (χ3n) is 3.22. The maximum absolute atomic E-state index is 12.1. The number of aromatic nitrogens is 1. The molecule has 0 aliphatic carbocycles. The van der Waals surface area contributed by atoms with Crippen molar-refractivity contribution in [3.8, 4) is 0 Å². The van der Waals surface area contributed by atoms with Crippen LogP contribution in [0.5, 0.6) is 0 Å². The number of anilines is 1. The van der Waals surface area contributed by atoms with Gasteiger partial charge in [0.25, 0.3) is 5.56 Å². The fourth-order valence-electron chi connectivity index (χ4n) is 2.18. The molecule has 1 amide bonds. The Morgan fingerprint density at radius 1 is 1.10 bits per heavy atom. The van der Waals surface area contributed by atoms with E-state index in [-0.39, 0.29) is 23.4 Å². The molecule has 1 aromatic carbocycles. The van der Waals surface area contributed by atoms with Gasteiger partial charge in [0.2, 0.25) is 5.91 Å². The molecule has 0 bridgehead atoms. The summed E-state index contributed by atoms with van der Waals surface area (Å²) in [5.41, 5.74) is 1.61. The van der Waals surface area contributed by atoms with Crippen LogP contribution in [-0.4, -0.2) is 10.5 Å². The highest BCUT2D eigenvalue weighted by atomic mass is 16.2. The summed E-state index contributed by atoms with van der Waals surface area (Å²) in [6, 6.07) is 12.6. The summed E-state index contributed by atoms with van der Waals surface area (Å²) in [4.78, 5) is 23.8. The summed E-state index contributed by atoms with van der Waals surface area (Å²) in [5.74, 6) is -0.208. The quantitative estimate of drug-likeness (QED) is 0.942. The van der Waals surface area contributed by atoms with Crippen molar-refractivity contribution in [1.82, 2.24) is 4.57 Å². The number of nitrogens with zero attached hydrogens (tertiary/aromatic N) is 1. The largest absolute Gasteiger partial charge is 0.324 e. The fraction of sp³-hybridized carbons (Fsp3) is 0.294. The average Bonchev–Trinajstić information content (AvgIpc) is 2.41. The van der Waals surface area contributed by atoms with Crippen LogP contribution in [-0.2, 0) is 16.8 Å². The number of carbonyl (C=O) groups excluding carboxylic acids is 1. The molecular formula is C17H20N2O2. The molecule has 2 rings (SSSR count). The summed E-state index contributed by atoms with van der Waals surface area (Å²) in [6.07, 6.45) is 1.61. The Hall–Kier alpha value is -2.36. The van der Waals surface area contributed by atoms with Gasteiger partial charge in [0.15, 0.2) is 0 Å². The van der Waals surface area contributed by atoms with E-state index in [1.54, 1.807) is 18.3 Å². The van der Waals surface area contributed by atoms with Crippen molar-refractivity contribution in [2.45, 2.75) is 32.7 Å². The third kappa shape index (κ3) is 3.81. The second kappa shape index (κ2) is 5.95. The van der Waals surface area contributed by atoms with Crippen LogP contribution in [0.15, 0.2) is 53.5 Å². The van der Waals surface area contributed by atoms with Gasteiger partial charge in [-0.25, -0.2) is 0 Å². The molecule has 1 heterocycles. The van der Waals surface area contributed by atoms with E-state index < -0.39 is 0 Å². The lowest BCUT2D eigenvalue weighted by Gasteiger charge is -2.23. The number of amides is 1. The maximum atomic E-state index is 12.1. The topological polar surface area (TPSA) is 51.1 Å².